The van der Waals surface area contributed by atoms with Crippen molar-refractivity contribution in [2.75, 3.05) is 0 Å². The first kappa shape index (κ1) is 19.4. The lowest BCUT2D eigenvalue weighted by molar-refractivity contribution is 0.0950. The van der Waals surface area contributed by atoms with Crippen molar-refractivity contribution in [3.05, 3.63) is 88.7 Å². The van der Waals surface area contributed by atoms with Gasteiger partial charge in [0.25, 0.3) is 5.91 Å². The molecule has 1 fully saturated rings. The van der Waals surface area contributed by atoms with Crippen LogP contribution in [0.15, 0.2) is 67.0 Å². The summed E-state index contributed by atoms with van der Waals surface area (Å²) in [5, 5.41) is 14.4. The lowest BCUT2D eigenvalue weighted by Gasteiger charge is -2.12. The number of amides is 1. The van der Waals surface area contributed by atoms with E-state index in [1.807, 2.05) is 57.9 Å². The van der Waals surface area contributed by atoms with Crippen molar-refractivity contribution in [2.24, 2.45) is 0 Å². The number of nitrogens with zero attached hydrogens (tertiary/aromatic N) is 4. The van der Waals surface area contributed by atoms with E-state index in [-0.39, 0.29) is 5.91 Å². The number of aromatic amines is 1. The van der Waals surface area contributed by atoms with Gasteiger partial charge >= 0.3 is 0 Å². The van der Waals surface area contributed by atoms with Crippen LogP contribution in [-0.4, -0.2) is 30.5 Å². The van der Waals surface area contributed by atoms with E-state index in [0.29, 0.717) is 29.5 Å². The van der Waals surface area contributed by atoms with Gasteiger partial charge in [-0.1, -0.05) is 42.5 Å². The second-order valence-corrected chi connectivity index (χ2v) is 8.06. The first-order valence-electron chi connectivity index (χ1n) is 10.3. The Hall–Kier alpha value is -3.52. The number of aromatic nitrogens is 5. The molecule has 1 aliphatic rings. The molecule has 1 amide bonds. The third kappa shape index (κ3) is 4.20. The quantitative estimate of drug-likeness (QED) is 0.432. The number of hydrogen-bond donors (Lipinski definition) is 2. The molecule has 8 heteroatoms. The predicted octanol–water partition coefficient (Wildman–Crippen LogP) is 4.12. The van der Waals surface area contributed by atoms with Crippen LogP contribution in [0.1, 0.15) is 40.6 Å². The molecule has 1 saturated carbocycles. The van der Waals surface area contributed by atoms with Gasteiger partial charge in [-0.2, -0.15) is 10.2 Å². The summed E-state index contributed by atoms with van der Waals surface area (Å²) in [6.07, 6.45) is 5.92. The molecule has 5 rings (SSSR count). The van der Waals surface area contributed by atoms with Crippen molar-refractivity contribution in [3.63, 3.8) is 0 Å². The fourth-order valence-corrected chi connectivity index (χ4v) is 4.03. The summed E-state index contributed by atoms with van der Waals surface area (Å²) in [5.74, 6) is 0.633. The molecule has 0 aliphatic heterocycles. The van der Waals surface area contributed by atoms with Crippen LogP contribution in [0.2, 0.25) is 0 Å². The van der Waals surface area contributed by atoms with Crippen molar-refractivity contribution >= 4 is 18.1 Å². The molecule has 0 atom stereocenters. The highest BCUT2D eigenvalue weighted by Gasteiger charge is 2.27. The van der Waals surface area contributed by atoms with Gasteiger partial charge < -0.3 is 5.32 Å². The lowest BCUT2D eigenvalue weighted by Crippen LogP contribution is -2.25. The van der Waals surface area contributed by atoms with Crippen molar-refractivity contribution in [1.82, 2.24) is 29.9 Å². The number of carbonyl (C=O) groups is 1. The zero-order valence-corrected chi connectivity index (χ0v) is 17.7. The topological polar surface area (TPSA) is 80.5 Å². The minimum absolute atomic E-state index is 0.132. The van der Waals surface area contributed by atoms with Crippen LogP contribution in [-0.2, 0) is 13.1 Å². The Morgan fingerprint density at radius 2 is 1.94 bits per heavy atom. The highest BCUT2D eigenvalue weighted by atomic mass is 32.1. The lowest BCUT2D eigenvalue weighted by atomic mass is 9.98. The molecule has 2 aromatic carbocycles. The smallest absolute Gasteiger partial charge is 0.252 e. The van der Waals surface area contributed by atoms with E-state index in [9.17, 15) is 4.79 Å². The third-order valence-electron chi connectivity index (χ3n) is 5.44. The average Bonchev–Trinajstić information content (AvgIpc) is 3.37. The summed E-state index contributed by atoms with van der Waals surface area (Å²) in [4.78, 5) is 13.0. The Bertz CT molecular complexity index is 1250. The fourth-order valence-electron chi connectivity index (χ4n) is 3.73. The number of carbonyl (C=O) groups excluding carboxylic acids is 1. The number of hydrogen-bond acceptors (Lipinski definition) is 4. The summed E-state index contributed by atoms with van der Waals surface area (Å²) < 4.78 is 4.51. The molecule has 2 N–H and O–H groups in total. The second kappa shape index (κ2) is 8.31. The Balaban J connectivity index is 1.33. The second-order valence-electron chi connectivity index (χ2n) is 7.67. The van der Waals surface area contributed by atoms with Crippen LogP contribution in [0.25, 0.3) is 11.1 Å². The van der Waals surface area contributed by atoms with Crippen LogP contribution < -0.4 is 5.32 Å². The monoisotopic (exact) mass is 430 g/mol. The van der Waals surface area contributed by atoms with Gasteiger partial charge in [-0.05, 0) is 53.9 Å². The Morgan fingerprint density at radius 1 is 1.13 bits per heavy atom. The fraction of sp³-hybridized carbons (Fsp3) is 0.217. The van der Waals surface area contributed by atoms with Crippen molar-refractivity contribution in [2.45, 2.75) is 32.0 Å². The number of benzene rings is 2. The van der Waals surface area contributed by atoms with Gasteiger partial charge in [0.15, 0.2) is 10.6 Å². The van der Waals surface area contributed by atoms with E-state index >= 15 is 0 Å². The Labute approximate surface area is 184 Å². The van der Waals surface area contributed by atoms with E-state index < -0.39 is 0 Å². The van der Waals surface area contributed by atoms with Crippen LogP contribution in [0.5, 0.6) is 0 Å². The van der Waals surface area contributed by atoms with E-state index in [0.717, 1.165) is 35.4 Å². The van der Waals surface area contributed by atoms with Crippen molar-refractivity contribution in [3.8, 4) is 11.1 Å². The number of rotatable bonds is 7. The van der Waals surface area contributed by atoms with Gasteiger partial charge in [0.05, 0.1) is 13.1 Å². The molecule has 2 aromatic heterocycles. The largest absolute Gasteiger partial charge is 0.345 e. The molecule has 7 nitrogen and oxygen atoms in total. The molecule has 0 spiro atoms. The first-order valence-corrected chi connectivity index (χ1v) is 10.7. The summed E-state index contributed by atoms with van der Waals surface area (Å²) in [7, 11) is 0. The van der Waals surface area contributed by atoms with Gasteiger partial charge in [-0.15, -0.1) is 0 Å². The minimum atomic E-state index is -0.132. The van der Waals surface area contributed by atoms with Gasteiger partial charge in [-0.3, -0.25) is 19.1 Å². The van der Waals surface area contributed by atoms with Crippen LogP contribution in [0.4, 0.5) is 0 Å². The van der Waals surface area contributed by atoms with Crippen molar-refractivity contribution < 1.29 is 4.79 Å². The average molecular weight is 431 g/mol. The van der Waals surface area contributed by atoms with Crippen LogP contribution >= 0.6 is 12.2 Å². The standard InChI is InChI=1S/C23H22N6OS/c30-22(24-14-21-26-27-23(31)29(21)18-10-11-18)20-5-2-1-4-19(20)17-8-6-16(7-9-17)15-28-13-3-12-25-28/h1-9,12-13,18H,10-11,14-15H2,(H,24,30)(H,27,31). The van der Waals surface area contributed by atoms with E-state index in [2.05, 4.69) is 32.7 Å². The molecule has 4 aromatic rings. The van der Waals surface area contributed by atoms with Gasteiger partial charge in [0.1, 0.15) is 0 Å². The molecule has 156 valence electrons. The number of nitrogens with one attached hydrogen (secondary N) is 2. The first-order chi connectivity index (χ1) is 15.2. The molecule has 0 radical (unpaired) electrons. The maximum Gasteiger partial charge on any atom is 0.252 e. The maximum absolute atomic E-state index is 13.0. The molecule has 0 saturated heterocycles. The summed E-state index contributed by atoms with van der Waals surface area (Å²) in [5.41, 5.74) is 3.68. The molecule has 0 bridgehead atoms. The Morgan fingerprint density at radius 3 is 2.68 bits per heavy atom. The van der Waals surface area contributed by atoms with Crippen molar-refractivity contribution in [1.29, 1.82) is 0 Å². The normalized spacial score (nSPS) is 13.3. The summed E-state index contributed by atoms with van der Waals surface area (Å²) in [6, 6.07) is 18.2. The van der Waals surface area contributed by atoms with Crippen LogP contribution in [0.3, 0.4) is 0 Å². The maximum atomic E-state index is 13.0. The predicted molar refractivity (Wildman–Crippen MR) is 120 cm³/mol. The third-order valence-corrected chi connectivity index (χ3v) is 5.72. The Kier molecular flexibility index (Phi) is 5.21. The molecule has 1 aliphatic carbocycles. The van der Waals surface area contributed by atoms with Crippen LogP contribution in [0, 0.1) is 4.77 Å². The SMILES string of the molecule is O=C(NCc1n[nH]c(=S)n1C1CC1)c1ccccc1-c1ccc(Cn2cccn2)cc1. The van der Waals surface area contributed by atoms with E-state index in [4.69, 9.17) is 12.2 Å². The molecule has 2 heterocycles. The van der Waals surface area contributed by atoms with Gasteiger partial charge in [0, 0.05) is 24.0 Å². The minimum Gasteiger partial charge on any atom is -0.345 e. The number of H-pyrrole nitrogens is 1. The zero-order valence-electron chi connectivity index (χ0n) is 16.9. The van der Waals surface area contributed by atoms with E-state index in [1.54, 1.807) is 6.20 Å². The van der Waals surface area contributed by atoms with Gasteiger partial charge in [-0.25, -0.2) is 0 Å². The highest BCUT2D eigenvalue weighted by molar-refractivity contribution is 7.71. The molecule has 31 heavy (non-hydrogen) atoms. The molecular formula is C23H22N6OS. The zero-order chi connectivity index (χ0) is 21.2. The van der Waals surface area contributed by atoms with E-state index in [1.165, 1.54) is 0 Å². The molecular weight excluding hydrogens is 408 g/mol. The molecule has 0 unspecified atom stereocenters. The van der Waals surface area contributed by atoms with Gasteiger partial charge in [0.2, 0.25) is 0 Å². The summed E-state index contributed by atoms with van der Waals surface area (Å²) >= 11 is 5.32. The highest BCUT2D eigenvalue weighted by Crippen LogP contribution is 2.35. The summed E-state index contributed by atoms with van der Waals surface area (Å²) in [6.45, 7) is 1.05.